The summed E-state index contributed by atoms with van der Waals surface area (Å²) in [6.07, 6.45) is 2.93. The first-order valence-electron chi connectivity index (χ1n) is 6.67. The predicted octanol–water partition coefficient (Wildman–Crippen LogP) is 2.86. The van der Waals surface area contributed by atoms with Crippen molar-refractivity contribution in [3.05, 3.63) is 29.3 Å². The lowest BCUT2D eigenvalue weighted by Gasteiger charge is -2.06. The molecule has 0 heterocycles. The van der Waals surface area contributed by atoms with Gasteiger partial charge in [0, 0.05) is 24.1 Å². The van der Waals surface area contributed by atoms with Gasteiger partial charge >= 0.3 is 0 Å². The summed E-state index contributed by atoms with van der Waals surface area (Å²) in [7, 11) is 0. The summed E-state index contributed by atoms with van der Waals surface area (Å²) in [6, 6.07) is 5.71. The van der Waals surface area contributed by atoms with Crippen LogP contribution >= 0.6 is 0 Å². The van der Waals surface area contributed by atoms with E-state index < -0.39 is 0 Å². The number of aliphatic hydroxyl groups excluding tert-OH is 1. The van der Waals surface area contributed by atoms with Crippen LogP contribution in [0.5, 0.6) is 0 Å². The molecule has 0 spiro atoms. The summed E-state index contributed by atoms with van der Waals surface area (Å²) in [5.74, 6) is 5.95. The minimum atomic E-state index is 0.0416. The van der Waals surface area contributed by atoms with Gasteiger partial charge in [-0.1, -0.05) is 31.3 Å². The first kappa shape index (κ1) is 15.3. The number of hydrogen-bond acceptors (Lipinski definition) is 2. The van der Waals surface area contributed by atoms with E-state index in [0.29, 0.717) is 12.8 Å². The van der Waals surface area contributed by atoms with Gasteiger partial charge in [0.25, 0.3) is 0 Å². The molecule has 3 heteroatoms. The molecule has 2 N–H and O–H groups in total. The van der Waals surface area contributed by atoms with Crippen LogP contribution in [-0.4, -0.2) is 17.6 Å². The number of hydrogen-bond donors (Lipinski definition) is 2. The van der Waals surface area contributed by atoms with Crippen molar-refractivity contribution >= 4 is 11.6 Å². The Morgan fingerprint density at radius 2 is 2.21 bits per heavy atom. The van der Waals surface area contributed by atoms with Crippen molar-refractivity contribution < 1.29 is 9.90 Å². The zero-order valence-corrected chi connectivity index (χ0v) is 11.6. The molecule has 0 atom stereocenters. The Balaban J connectivity index is 2.73. The van der Waals surface area contributed by atoms with Crippen molar-refractivity contribution in [3.63, 3.8) is 0 Å². The van der Waals surface area contributed by atoms with E-state index in [4.69, 9.17) is 5.11 Å². The highest BCUT2D eigenvalue weighted by Crippen LogP contribution is 2.15. The summed E-state index contributed by atoms with van der Waals surface area (Å²) >= 11 is 0. The maximum absolute atomic E-state index is 11.6. The normalized spacial score (nSPS) is 9.63. The van der Waals surface area contributed by atoms with E-state index in [1.165, 1.54) is 0 Å². The topological polar surface area (TPSA) is 49.3 Å². The third-order valence-corrected chi connectivity index (χ3v) is 2.74. The number of carbonyl (C=O) groups excluding carboxylic acids is 1. The molecule has 0 aliphatic heterocycles. The van der Waals surface area contributed by atoms with Gasteiger partial charge in [0.05, 0.1) is 6.61 Å². The van der Waals surface area contributed by atoms with E-state index in [1.54, 1.807) is 0 Å². The van der Waals surface area contributed by atoms with E-state index in [2.05, 4.69) is 24.1 Å². The lowest BCUT2D eigenvalue weighted by atomic mass is 10.1. The summed E-state index contributed by atoms with van der Waals surface area (Å²) in [5, 5.41) is 11.6. The van der Waals surface area contributed by atoms with Crippen molar-refractivity contribution in [2.75, 3.05) is 11.9 Å². The number of amides is 1. The van der Waals surface area contributed by atoms with Crippen LogP contribution in [-0.2, 0) is 4.79 Å². The van der Waals surface area contributed by atoms with Crippen LogP contribution in [0.15, 0.2) is 18.2 Å². The molecule has 19 heavy (non-hydrogen) atoms. The number of unbranched alkanes of at least 4 members (excludes halogenated alkanes) is 1. The fourth-order valence-corrected chi connectivity index (χ4v) is 1.61. The molecule has 0 radical (unpaired) electrons. The average molecular weight is 259 g/mol. The summed E-state index contributed by atoms with van der Waals surface area (Å²) < 4.78 is 0. The first-order valence-corrected chi connectivity index (χ1v) is 6.67. The predicted molar refractivity (Wildman–Crippen MR) is 77.9 cm³/mol. The highest BCUT2D eigenvalue weighted by Gasteiger charge is 2.03. The standard InChI is InChI=1S/C16H21NO2/c1-3-4-8-16(19)17-15-10-9-13(2)14(12-15)7-5-6-11-18/h9-10,12,18H,3-4,6,8,11H2,1-2H3,(H,17,19). The molecule has 102 valence electrons. The molecule has 0 saturated carbocycles. The number of rotatable bonds is 5. The highest BCUT2D eigenvalue weighted by atomic mass is 16.2. The van der Waals surface area contributed by atoms with Gasteiger partial charge in [0.2, 0.25) is 5.91 Å². The van der Waals surface area contributed by atoms with E-state index in [1.807, 2.05) is 25.1 Å². The molecule has 0 saturated heterocycles. The molecular weight excluding hydrogens is 238 g/mol. The maximum Gasteiger partial charge on any atom is 0.224 e. The van der Waals surface area contributed by atoms with Crippen LogP contribution in [0.1, 0.15) is 43.7 Å². The molecule has 1 rings (SSSR count). The highest BCUT2D eigenvalue weighted by molar-refractivity contribution is 5.90. The van der Waals surface area contributed by atoms with Gasteiger partial charge in [-0.05, 0) is 31.0 Å². The second kappa shape index (κ2) is 8.34. The number of nitrogens with one attached hydrogen (secondary N) is 1. The van der Waals surface area contributed by atoms with Crippen LogP contribution < -0.4 is 5.32 Å². The van der Waals surface area contributed by atoms with Crippen molar-refractivity contribution in [2.24, 2.45) is 0 Å². The molecule has 1 aromatic carbocycles. The fraction of sp³-hybridized carbons (Fsp3) is 0.438. The molecule has 0 fully saturated rings. The van der Waals surface area contributed by atoms with Gasteiger partial charge in [-0.15, -0.1) is 0 Å². The van der Waals surface area contributed by atoms with Gasteiger partial charge in [0.15, 0.2) is 0 Å². The van der Waals surface area contributed by atoms with Gasteiger partial charge in [-0.3, -0.25) is 4.79 Å². The van der Waals surface area contributed by atoms with Crippen molar-refractivity contribution in [2.45, 2.75) is 39.5 Å². The Morgan fingerprint density at radius 1 is 1.42 bits per heavy atom. The van der Waals surface area contributed by atoms with Crippen LogP contribution in [0.4, 0.5) is 5.69 Å². The Morgan fingerprint density at radius 3 is 2.89 bits per heavy atom. The minimum absolute atomic E-state index is 0.0416. The summed E-state index contributed by atoms with van der Waals surface area (Å²) in [4.78, 5) is 11.6. The zero-order chi connectivity index (χ0) is 14.1. The second-order valence-electron chi connectivity index (χ2n) is 4.46. The lowest BCUT2D eigenvalue weighted by molar-refractivity contribution is -0.116. The molecule has 0 bridgehead atoms. The molecular formula is C16H21NO2. The minimum Gasteiger partial charge on any atom is -0.395 e. The van der Waals surface area contributed by atoms with Crippen LogP contribution in [0.25, 0.3) is 0 Å². The van der Waals surface area contributed by atoms with Crippen molar-refractivity contribution in [3.8, 4) is 11.8 Å². The van der Waals surface area contributed by atoms with Gasteiger partial charge < -0.3 is 10.4 Å². The number of aliphatic hydroxyl groups is 1. The van der Waals surface area contributed by atoms with E-state index in [0.717, 1.165) is 29.7 Å². The van der Waals surface area contributed by atoms with Gasteiger partial charge in [-0.25, -0.2) is 0 Å². The van der Waals surface area contributed by atoms with Crippen LogP contribution in [0, 0.1) is 18.8 Å². The molecule has 0 aliphatic rings. The maximum atomic E-state index is 11.6. The molecule has 0 unspecified atom stereocenters. The lowest BCUT2D eigenvalue weighted by Crippen LogP contribution is -2.11. The van der Waals surface area contributed by atoms with Crippen LogP contribution in [0.3, 0.4) is 0 Å². The van der Waals surface area contributed by atoms with Crippen LogP contribution in [0.2, 0.25) is 0 Å². The largest absolute Gasteiger partial charge is 0.395 e. The van der Waals surface area contributed by atoms with E-state index in [9.17, 15) is 4.79 Å². The van der Waals surface area contributed by atoms with E-state index in [-0.39, 0.29) is 12.5 Å². The Hall–Kier alpha value is -1.79. The molecule has 1 aromatic rings. The monoisotopic (exact) mass is 259 g/mol. The van der Waals surface area contributed by atoms with Gasteiger partial charge in [0.1, 0.15) is 0 Å². The number of benzene rings is 1. The Bertz CT molecular complexity index is 483. The number of aryl methyl sites for hydroxylation is 1. The third kappa shape index (κ3) is 5.58. The smallest absolute Gasteiger partial charge is 0.224 e. The van der Waals surface area contributed by atoms with Crippen molar-refractivity contribution in [1.82, 2.24) is 0 Å². The first-order chi connectivity index (χ1) is 9.17. The zero-order valence-electron chi connectivity index (χ0n) is 11.6. The fourth-order valence-electron chi connectivity index (χ4n) is 1.61. The SMILES string of the molecule is CCCCC(=O)Nc1ccc(C)c(C#CCCO)c1. The Labute approximate surface area is 115 Å². The van der Waals surface area contributed by atoms with Crippen molar-refractivity contribution in [1.29, 1.82) is 0 Å². The van der Waals surface area contributed by atoms with Gasteiger partial charge in [-0.2, -0.15) is 0 Å². The Kier molecular flexibility index (Phi) is 6.70. The summed E-state index contributed by atoms with van der Waals surface area (Å²) in [5.41, 5.74) is 2.73. The molecule has 3 nitrogen and oxygen atoms in total. The summed E-state index contributed by atoms with van der Waals surface area (Å²) in [6.45, 7) is 4.11. The quantitative estimate of drug-likeness (QED) is 0.799. The second-order valence-corrected chi connectivity index (χ2v) is 4.46. The molecule has 0 aliphatic carbocycles. The van der Waals surface area contributed by atoms with E-state index >= 15 is 0 Å². The average Bonchev–Trinajstić information content (AvgIpc) is 2.40. The molecule has 0 aromatic heterocycles. The number of anilines is 1. The number of carbonyl (C=O) groups is 1. The third-order valence-electron chi connectivity index (χ3n) is 2.74. The molecule has 1 amide bonds.